The summed E-state index contributed by atoms with van der Waals surface area (Å²) >= 11 is 1.56. The van der Waals surface area contributed by atoms with Crippen LogP contribution in [0, 0.1) is 24.7 Å². The Hall–Kier alpha value is -1.95. The standard InChI is InChI=1S/C19H21NO4S/c1-11-15(20-18(24-11)16-6-3-7-25-16)10-23-19(22)14-8-12-4-2-5-13(9-14)17(12)21/h3,6-7,12-14H,2,4-5,8-10H2,1H3/t12-,13+,14?. The molecule has 2 aromatic rings. The largest absolute Gasteiger partial charge is 0.459 e. The van der Waals surface area contributed by atoms with E-state index >= 15 is 0 Å². The highest BCUT2D eigenvalue weighted by atomic mass is 32.1. The summed E-state index contributed by atoms with van der Waals surface area (Å²) in [6.45, 7) is 1.95. The van der Waals surface area contributed by atoms with Crippen molar-refractivity contribution in [3.8, 4) is 10.8 Å². The minimum Gasteiger partial charge on any atom is -0.459 e. The molecule has 4 rings (SSSR count). The molecule has 2 aliphatic carbocycles. The predicted molar refractivity (Wildman–Crippen MR) is 92.9 cm³/mol. The molecule has 25 heavy (non-hydrogen) atoms. The molecular weight excluding hydrogens is 338 g/mol. The van der Waals surface area contributed by atoms with E-state index in [0.29, 0.717) is 36.0 Å². The van der Waals surface area contributed by atoms with Crippen LogP contribution in [0.25, 0.3) is 10.8 Å². The Labute approximate surface area is 150 Å². The van der Waals surface area contributed by atoms with Gasteiger partial charge in [-0.3, -0.25) is 9.59 Å². The van der Waals surface area contributed by atoms with Gasteiger partial charge in [-0.05, 0) is 44.1 Å². The highest BCUT2D eigenvalue weighted by molar-refractivity contribution is 7.13. The molecule has 2 saturated carbocycles. The molecule has 2 heterocycles. The molecule has 0 amide bonds. The number of hydrogen-bond donors (Lipinski definition) is 0. The van der Waals surface area contributed by atoms with Crippen LogP contribution in [-0.4, -0.2) is 16.7 Å². The van der Waals surface area contributed by atoms with Gasteiger partial charge in [-0.15, -0.1) is 11.3 Å². The van der Waals surface area contributed by atoms with Crippen LogP contribution in [0.2, 0.25) is 0 Å². The maximum Gasteiger partial charge on any atom is 0.309 e. The smallest absolute Gasteiger partial charge is 0.309 e. The molecule has 0 spiro atoms. The number of ether oxygens (including phenoxy) is 1. The highest BCUT2D eigenvalue weighted by Crippen LogP contribution is 2.40. The summed E-state index contributed by atoms with van der Waals surface area (Å²) < 4.78 is 11.2. The van der Waals surface area contributed by atoms with E-state index in [1.54, 1.807) is 11.3 Å². The number of Topliss-reactive ketones (excluding diaryl/α,β-unsaturated/α-hetero) is 1. The first-order valence-electron chi connectivity index (χ1n) is 8.82. The van der Waals surface area contributed by atoms with Gasteiger partial charge in [-0.1, -0.05) is 12.5 Å². The van der Waals surface area contributed by atoms with Crippen LogP contribution in [0.1, 0.15) is 43.6 Å². The van der Waals surface area contributed by atoms with E-state index in [2.05, 4.69) is 4.98 Å². The normalized spacial score (nSPS) is 25.8. The Morgan fingerprint density at radius 1 is 1.36 bits per heavy atom. The molecule has 0 saturated heterocycles. The van der Waals surface area contributed by atoms with Gasteiger partial charge in [0.2, 0.25) is 5.89 Å². The lowest BCUT2D eigenvalue weighted by atomic mass is 9.67. The number of esters is 1. The molecule has 3 atom stereocenters. The number of carbonyl (C=O) groups excluding carboxylic acids is 2. The van der Waals surface area contributed by atoms with Crippen molar-refractivity contribution < 1.29 is 18.7 Å². The number of ketones is 1. The summed E-state index contributed by atoms with van der Waals surface area (Å²) in [6, 6.07) is 3.89. The zero-order chi connectivity index (χ0) is 17.4. The molecule has 0 radical (unpaired) electrons. The first-order chi connectivity index (χ1) is 12.1. The Morgan fingerprint density at radius 3 is 2.80 bits per heavy atom. The average molecular weight is 359 g/mol. The lowest BCUT2D eigenvalue weighted by molar-refractivity contribution is -0.154. The zero-order valence-electron chi connectivity index (χ0n) is 14.2. The van der Waals surface area contributed by atoms with Crippen molar-refractivity contribution in [1.29, 1.82) is 0 Å². The van der Waals surface area contributed by atoms with Gasteiger partial charge in [0.25, 0.3) is 0 Å². The van der Waals surface area contributed by atoms with Gasteiger partial charge in [-0.2, -0.15) is 0 Å². The minimum absolute atomic E-state index is 0.0595. The molecule has 2 aromatic heterocycles. The van der Waals surface area contributed by atoms with Gasteiger partial charge in [0.15, 0.2) is 0 Å². The van der Waals surface area contributed by atoms with E-state index in [1.807, 2.05) is 24.4 Å². The molecule has 6 heteroatoms. The van der Waals surface area contributed by atoms with Crippen molar-refractivity contribution in [2.45, 2.75) is 45.6 Å². The summed E-state index contributed by atoms with van der Waals surface area (Å²) in [6.07, 6.45) is 4.24. The van der Waals surface area contributed by atoms with Crippen LogP contribution in [0.5, 0.6) is 0 Å². The van der Waals surface area contributed by atoms with Crippen LogP contribution in [0.3, 0.4) is 0 Å². The van der Waals surface area contributed by atoms with Crippen molar-refractivity contribution in [3.05, 3.63) is 29.0 Å². The first kappa shape index (κ1) is 16.5. The lowest BCUT2D eigenvalue weighted by Crippen LogP contribution is -2.39. The predicted octanol–water partition coefficient (Wildman–Crippen LogP) is 4.15. The number of carbonyl (C=O) groups is 2. The maximum atomic E-state index is 12.5. The van der Waals surface area contributed by atoms with Gasteiger partial charge in [0.05, 0.1) is 10.8 Å². The number of hydrogen-bond acceptors (Lipinski definition) is 6. The molecule has 2 aliphatic rings. The molecule has 2 bridgehead atoms. The Kier molecular flexibility index (Phi) is 4.46. The average Bonchev–Trinajstić information content (AvgIpc) is 3.22. The van der Waals surface area contributed by atoms with Crippen molar-refractivity contribution in [1.82, 2.24) is 4.98 Å². The third kappa shape index (κ3) is 3.27. The molecule has 1 unspecified atom stereocenters. The SMILES string of the molecule is Cc1oc(-c2cccs2)nc1COC(=O)C1C[C@H]2CCC[C@@H](C1)C2=O. The number of thiophene rings is 1. The van der Waals surface area contributed by atoms with E-state index in [1.165, 1.54) is 0 Å². The van der Waals surface area contributed by atoms with E-state index in [4.69, 9.17) is 9.15 Å². The molecule has 2 fully saturated rings. The summed E-state index contributed by atoms with van der Waals surface area (Å²) in [7, 11) is 0. The molecule has 0 aliphatic heterocycles. The number of nitrogens with zero attached hydrogens (tertiary/aromatic N) is 1. The fraction of sp³-hybridized carbons (Fsp3) is 0.526. The van der Waals surface area contributed by atoms with Crippen LogP contribution in [-0.2, 0) is 20.9 Å². The first-order valence-corrected chi connectivity index (χ1v) is 9.70. The summed E-state index contributed by atoms with van der Waals surface area (Å²) in [4.78, 5) is 30.0. The minimum atomic E-state index is -0.204. The summed E-state index contributed by atoms with van der Waals surface area (Å²) in [5.74, 6) is 1.36. The van der Waals surface area contributed by atoms with Gasteiger partial charge in [0, 0.05) is 11.8 Å². The Morgan fingerprint density at radius 2 is 2.12 bits per heavy atom. The van der Waals surface area contributed by atoms with Crippen LogP contribution >= 0.6 is 11.3 Å². The fourth-order valence-electron chi connectivity index (χ4n) is 4.00. The fourth-order valence-corrected chi connectivity index (χ4v) is 4.65. The van der Waals surface area contributed by atoms with Crippen LogP contribution in [0.15, 0.2) is 21.9 Å². The number of aryl methyl sites for hydroxylation is 1. The van der Waals surface area contributed by atoms with Crippen LogP contribution in [0.4, 0.5) is 0 Å². The second-order valence-electron chi connectivity index (χ2n) is 7.00. The second kappa shape index (κ2) is 6.75. The van der Waals surface area contributed by atoms with Gasteiger partial charge in [-0.25, -0.2) is 4.98 Å². The van der Waals surface area contributed by atoms with Crippen LogP contribution < -0.4 is 0 Å². The van der Waals surface area contributed by atoms with E-state index in [9.17, 15) is 9.59 Å². The number of oxazole rings is 1. The monoisotopic (exact) mass is 359 g/mol. The number of rotatable bonds is 4. The molecule has 0 N–H and O–H groups in total. The van der Waals surface area contributed by atoms with Gasteiger partial charge in [0.1, 0.15) is 23.8 Å². The number of fused-ring (bicyclic) bond motifs is 2. The molecule has 132 valence electrons. The highest BCUT2D eigenvalue weighted by Gasteiger charge is 2.41. The summed E-state index contributed by atoms with van der Waals surface area (Å²) in [5, 5.41) is 1.97. The van der Waals surface area contributed by atoms with Crippen molar-refractivity contribution in [2.75, 3.05) is 0 Å². The van der Waals surface area contributed by atoms with E-state index in [-0.39, 0.29) is 30.3 Å². The van der Waals surface area contributed by atoms with Gasteiger partial charge < -0.3 is 9.15 Å². The van der Waals surface area contributed by atoms with E-state index < -0.39 is 0 Å². The second-order valence-corrected chi connectivity index (χ2v) is 7.95. The third-order valence-corrected chi connectivity index (χ3v) is 6.21. The van der Waals surface area contributed by atoms with E-state index in [0.717, 1.165) is 24.1 Å². The third-order valence-electron chi connectivity index (χ3n) is 5.36. The van der Waals surface area contributed by atoms with Gasteiger partial charge >= 0.3 is 5.97 Å². The van der Waals surface area contributed by atoms with Crippen molar-refractivity contribution in [2.24, 2.45) is 17.8 Å². The quantitative estimate of drug-likeness (QED) is 0.767. The maximum absolute atomic E-state index is 12.5. The van der Waals surface area contributed by atoms with Crippen molar-refractivity contribution >= 4 is 23.1 Å². The number of aromatic nitrogens is 1. The molecular formula is C19H21NO4S. The summed E-state index contributed by atoms with van der Waals surface area (Å²) in [5.41, 5.74) is 0.656. The zero-order valence-corrected chi connectivity index (χ0v) is 15.0. The molecule has 0 aromatic carbocycles. The topological polar surface area (TPSA) is 69.4 Å². The Balaban J connectivity index is 1.38. The van der Waals surface area contributed by atoms with Crippen molar-refractivity contribution in [3.63, 3.8) is 0 Å². The lowest BCUT2D eigenvalue weighted by Gasteiger charge is -2.36. The Bertz CT molecular complexity index is 763. The molecule has 5 nitrogen and oxygen atoms in total.